The molecular weight excluding hydrogens is 242 g/mol. The predicted molar refractivity (Wildman–Crippen MR) is 61.6 cm³/mol. The maximum Gasteiger partial charge on any atom is 0.181 e. The summed E-state index contributed by atoms with van der Waals surface area (Å²) >= 11 is 0. The molecule has 6 heteroatoms. The Labute approximate surface area is 100 Å². The van der Waals surface area contributed by atoms with Crippen molar-refractivity contribution in [3.05, 3.63) is 17.5 Å². The van der Waals surface area contributed by atoms with Crippen LogP contribution in [0.1, 0.15) is 36.0 Å². The minimum Gasteiger partial charge on any atom is -0.361 e. The summed E-state index contributed by atoms with van der Waals surface area (Å²) in [5, 5.41) is 3.67. The number of sulfone groups is 1. The van der Waals surface area contributed by atoms with Gasteiger partial charge >= 0.3 is 0 Å². The van der Waals surface area contributed by atoms with Gasteiger partial charge in [-0.1, -0.05) is 5.16 Å². The van der Waals surface area contributed by atoms with Gasteiger partial charge in [-0.25, -0.2) is 8.42 Å². The predicted octanol–water partition coefficient (Wildman–Crippen LogP) is 1.24. The SMILES string of the molecule is CC(=O)c1cc(CC2CCS(=O)(=O)CC2)on1. The highest BCUT2D eigenvalue weighted by Crippen LogP contribution is 2.23. The fourth-order valence-electron chi connectivity index (χ4n) is 2.00. The van der Waals surface area contributed by atoms with Crippen LogP contribution < -0.4 is 0 Å². The van der Waals surface area contributed by atoms with E-state index in [1.165, 1.54) is 6.92 Å². The van der Waals surface area contributed by atoms with Crippen LogP contribution in [0.25, 0.3) is 0 Å². The fraction of sp³-hybridized carbons (Fsp3) is 0.636. The van der Waals surface area contributed by atoms with Gasteiger partial charge in [-0.3, -0.25) is 4.79 Å². The van der Waals surface area contributed by atoms with Crippen LogP contribution in [0.5, 0.6) is 0 Å². The summed E-state index contributed by atoms with van der Waals surface area (Å²) in [6.07, 6.45) is 1.99. The molecule has 2 rings (SSSR count). The lowest BCUT2D eigenvalue weighted by Crippen LogP contribution is -2.24. The standard InChI is InChI=1S/C11H15NO4S/c1-8(13)11-7-10(16-12-11)6-9-2-4-17(14,15)5-3-9/h7,9H,2-6H2,1H3. The van der Waals surface area contributed by atoms with E-state index in [2.05, 4.69) is 5.16 Å². The van der Waals surface area contributed by atoms with Gasteiger partial charge in [0.1, 0.15) is 21.3 Å². The third-order valence-corrected chi connectivity index (χ3v) is 4.80. The van der Waals surface area contributed by atoms with E-state index in [-0.39, 0.29) is 17.3 Å². The molecule has 0 amide bonds. The average molecular weight is 257 g/mol. The summed E-state index contributed by atoms with van der Waals surface area (Å²) < 4.78 is 27.6. The molecule has 2 heterocycles. The first-order valence-corrected chi connectivity index (χ1v) is 7.45. The first kappa shape index (κ1) is 12.3. The van der Waals surface area contributed by atoms with E-state index >= 15 is 0 Å². The second-order valence-corrected chi connectivity index (χ2v) is 6.84. The monoisotopic (exact) mass is 257 g/mol. The Bertz CT molecular complexity index is 503. The highest BCUT2D eigenvalue weighted by Gasteiger charge is 2.24. The lowest BCUT2D eigenvalue weighted by molar-refractivity contribution is 0.100. The Balaban J connectivity index is 1.95. The summed E-state index contributed by atoms with van der Waals surface area (Å²) in [5.74, 6) is 1.37. The fourth-order valence-corrected chi connectivity index (χ4v) is 3.59. The van der Waals surface area contributed by atoms with Crippen molar-refractivity contribution in [2.45, 2.75) is 26.2 Å². The van der Waals surface area contributed by atoms with Gasteiger partial charge in [-0.15, -0.1) is 0 Å². The summed E-state index contributed by atoms with van der Waals surface area (Å²) in [5.41, 5.74) is 0.337. The molecule has 1 saturated heterocycles. The number of carbonyl (C=O) groups excluding carboxylic acids is 1. The van der Waals surface area contributed by atoms with Crippen LogP contribution in [-0.4, -0.2) is 30.9 Å². The minimum atomic E-state index is -2.82. The average Bonchev–Trinajstić information content (AvgIpc) is 2.70. The van der Waals surface area contributed by atoms with Crippen LogP contribution in [0.4, 0.5) is 0 Å². The van der Waals surface area contributed by atoms with E-state index in [0.717, 1.165) is 0 Å². The van der Waals surface area contributed by atoms with E-state index in [4.69, 9.17) is 4.52 Å². The van der Waals surface area contributed by atoms with Crippen LogP contribution >= 0.6 is 0 Å². The van der Waals surface area contributed by atoms with Crippen molar-refractivity contribution in [3.63, 3.8) is 0 Å². The number of Topliss-reactive ketones (excluding diaryl/α,β-unsaturated/α-hetero) is 1. The van der Waals surface area contributed by atoms with Crippen LogP contribution in [0.15, 0.2) is 10.6 Å². The molecule has 0 atom stereocenters. The number of nitrogens with zero attached hydrogens (tertiary/aromatic N) is 1. The number of hydrogen-bond donors (Lipinski definition) is 0. The van der Waals surface area contributed by atoms with Crippen molar-refractivity contribution in [1.82, 2.24) is 5.16 Å². The van der Waals surface area contributed by atoms with Crippen molar-refractivity contribution in [2.24, 2.45) is 5.92 Å². The molecule has 0 saturated carbocycles. The van der Waals surface area contributed by atoms with E-state index in [1.54, 1.807) is 6.07 Å². The van der Waals surface area contributed by atoms with Crippen LogP contribution in [-0.2, 0) is 16.3 Å². The summed E-state index contributed by atoms with van der Waals surface area (Å²) in [4.78, 5) is 11.0. The zero-order valence-electron chi connectivity index (χ0n) is 9.68. The summed E-state index contributed by atoms with van der Waals surface area (Å²) in [6.45, 7) is 1.44. The molecule has 0 radical (unpaired) electrons. The number of aromatic nitrogens is 1. The Kier molecular flexibility index (Phi) is 3.33. The maximum absolute atomic E-state index is 11.3. The van der Waals surface area contributed by atoms with Gasteiger partial charge in [0.2, 0.25) is 0 Å². The number of carbonyl (C=O) groups is 1. The van der Waals surface area contributed by atoms with Crippen molar-refractivity contribution >= 4 is 15.6 Å². The summed E-state index contributed by atoms with van der Waals surface area (Å²) in [6, 6.07) is 1.64. The molecule has 0 spiro atoms. The van der Waals surface area contributed by atoms with E-state index in [9.17, 15) is 13.2 Å². The smallest absolute Gasteiger partial charge is 0.181 e. The number of ketones is 1. The Hall–Kier alpha value is -1.17. The lowest BCUT2D eigenvalue weighted by Gasteiger charge is -2.20. The summed E-state index contributed by atoms with van der Waals surface area (Å²) in [7, 11) is -2.82. The van der Waals surface area contributed by atoms with Crippen LogP contribution in [0, 0.1) is 5.92 Å². The van der Waals surface area contributed by atoms with E-state index in [0.29, 0.717) is 36.6 Å². The highest BCUT2D eigenvalue weighted by molar-refractivity contribution is 7.91. The molecule has 5 nitrogen and oxygen atoms in total. The molecular formula is C11H15NO4S. The third-order valence-electron chi connectivity index (χ3n) is 3.08. The molecule has 0 bridgehead atoms. The van der Waals surface area contributed by atoms with Crippen LogP contribution in [0.2, 0.25) is 0 Å². The number of hydrogen-bond acceptors (Lipinski definition) is 5. The molecule has 1 aliphatic rings. The second-order valence-electron chi connectivity index (χ2n) is 4.53. The van der Waals surface area contributed by atoms with Gasteiger partial charge in [-0.05, 0) is 18.8 Å². The maximum atomic E-state index is 11.3. The van der Waals surface area contributed by atoms with Crippen molar-refractivity contribution < 1.29 is 17.7 Å². The molecule has 1 aromatic heterocycles. The topological polar surface area (TPSA) is 77.2 Å². The highest BCUT2D eigenvalue weighted by atomic mass is 32.2. The minimum absolute atomic E-state index is 0.119. The molecule has 17 heavy (non-hydrogen) atoms. The van der Waals surface area contributed by atoms with Gasteiger partial charge in [0.15, 0.2) is 5.78 Å². The first-order chi connectivity index (χ1) is 7.96. The molecule has 1 aliphatic heterocycles. The van der Waals surface area contributed by atoms with Crippen molar-refractivity contribution in [2.75, 3.05) is 11.5 Å². The van der Waals surface area contributed by atoms with Gasteiger partial charge in [0.25, 0.3) is 0 Å². The third kappa shape index (κ3) is 3.15. The van der Waals surface area contributed by atoms with Gasteiger partial charge in [0.05, 0.1) is 11.5 Å². The Morgan fingerprint density at radius 3 is 2.65 bits per heavy atom. The number of rotatable bonds is 3. The molecule has 1 aromatic rings. The Morgan fingerprint density at radius 1 is 1.47 bits per heavy atom. The van der Waals surface area contributed by atoms with Crippen molar-refractivity contribution in [1.29, 1.82) is 0 Å². The quantitative estimate of drug-likeness (QED) is 0.761. The molecule has 0 aliphatic carbocycles. The van der Waals surface area contributed by atoms with E-state index < -0.39 is 9.84 Å². The first-order valence-electron chi connectivity index (χ1n) is 5.63. The van der Waals surface area contributed by atoms with Crippen molar-refractivity contribution in [3.8, 4) is 0 Å². The lowest BCUT2D eigenvalue weighted by atomic mass is 9.97. The molecule has 0 aromatic carbocycles. The second kappa shape index (κ2) is 4.60. The normalized spacial score (nSPS) is 20.3. The zero-order chi connectivity index (χ0) is 12.5. The van der Waals surface area contributed by atoms with Gasteiger partial charge < -0.3 is 4.52 Å². The Morgan fingerprint density at radius 2 is 2.12 bits per heavy atom. The molecule has 0 unspecified atom stereocenters. The zero-order valence-corrected chi connectivity index (χ0v) is 10.5. The molecule has 1 fully saturated rings. The largest absolute Gasteiger partial charge is 0.361 e. The van der Waals surface area contributed by atoms with Gasteiger partial charge in [0, 0.05) is 19.4 Å². The van der Waals surface area contributed by atoms with Gasteiger partial charge in [-0.2, -0.15) is 0 Å². The molecule has 94 valence electrons. The van der Waals surface area contributed by atoms with Crippen LogP contribution in [0.3, 0.4) is 0 Å². The van der Waals surface area contributed by atoms with E-state index in [1.807, 2.05) is 0 Å². The molecule has 0 N–H and O–H groups in total.